The maximum absolute atomic E-state index is 14.1. The molecule has 3 rings (SSSR count). The first-order chi connectivity index (χ1) is 20.1. The molecule has 0 aromatic heterocycles. The molecule has 0 saturated carbocycles. The fourth-order valence-corrected chi connectivity index (χ4v) is 7.95. The third-order valence-electron chi connectivity index (χ3n) is 7.31. The van der Waals surface area contributed by atoms with Crippen molar-refractivity contribution in [1.82, 2.24) is 4.90 Å². The lowest BCUT2D eigenvalue weighted by Gasteiger charge is -2.46. The van der Waals surface area contributed by atoms with Gasteiger partial charge >= 0.3 is 29.8 Å². The number of hydrogen-bond donors (Lipinski definition) is 0. The Morgan fingerprint density at radius 2 is 1.35 bits per heavy atom. The van der Waals surface area contributed by atoms with Gasteiger partial charge in [-0.25, -0.2) is 0 Å². The van der Waals surface area contributed by atoms with Crippen LogP contribution in [0.1, 0.15) is 53.5 Å². The third-order valence-corrected chi connectivity index (χ3v) is 9.35. The molecular weight excluding hydrogens is 586 g/mol. The van der Waals surface area contributed by atoms with Crippen molar-refractivity contribution in [2.24, 2.45) is 5.92 Å². The SMILES string of the molecule is CC(=O)OC[C@@H](OC(C)=O)[C@@H](OC(C)=O)[C@H](OC(C)=O)[C@@H](OC(C)=O)[C@]12C[C@H](C(C)=O)[C@](c3ccccc3)(S1)C(=O)N2C. The number of fused-ring (bicyclic) bond motifs is 2. The van der Waals surface area contributed by atoms with Gasteiger partial charge in [0, 0.05) is 47.6 Å². The lowest BCUT2D eigenvalue weighted by atomic mass is 9.73. The van der Waals surface area contributed by atoms with Gasteiger partial charge in [-0.15, -0.1) is 11.8 Å². The van der Waals surface area contributed by atoms with Crippen molar-refractivity contribution in [3.63, 3.8) is 0 Å². The Bertz CT molecular complexity index is 1300. The number of likely N-dealkylation sites (tertiary alicyclic amines) is 1. The van der Waals surface area contributed by atoms with Crippen LogP contribution in [0.25, 0.3) is 0 Å². The summed E-state index contributed by atoms with van der Waals surface area (Å²) in [6, 6.07) is 8.66. The van der Waals surface area contributed by atoms with Crippen molar-refractivity contribution in [2.45, 2.75) is 82.0 Å². The molecule has 234 valence electrons. The fraction of sp³-hybridized carbons (Fsp3) is 0.552. The molecule has 14 heteroatoms. The first-order valence-electron chi connectivity index (χ1n) is 13.4. The van der Waals surface area contributed by atoms with E-state index in [9.17, 15) is 33.6 Å². The number of piperidine rings is 1. The monoisotopic (exact) mass is 621 g/mol. The van der Waals surface area contributed by atoms with Gasteiger partial charge in [-0.05, 0) is 18.9 Å². The van der Waals surface area contributed by atoms with Crippen molar-refractivity contribution >= 4 is 53.3 Å². The topological polar surface area (TPSA) is 169 Å². The zero-order valence-corrected chi connectivity index (χ0v) is 25.8. The van der Waals surface area contributed by atoms with Crippen LogP contribution in [0.3, 0.4) is 0 Å². The zero-order chi connectivity index (χ0) is 32.3. The molecule has 0 spiro atoms. The fourth-order valence-electron chi connectivity index (χ4n) is 5.75. The first kappa shape index (κ1) is 33.6. The molecule has 2 heterocycles. The van der Waals surface area contributed by atoms with Crippen molar-refractivity contribution in [2.75, 3.05) is 13.7 Å². The van der Waals surface area contributed by atoms with Crippen LogP contribution in [0.4, 0.5) is 0 Å². The Hall–Kier alpha value is -3.94. The summed E-state index contributed by atoms with van der Waals surface area (Å²) in [7, 11) is 1.47. The van der Waals surface area contributed by atoms with Crippen LogP contribution in [-0.2, 0) is 62.0 Å². The molecule has 2 bridgehead atoms. The molecule has 0 unspecified atom stereocenters. The van der Waals surface area contributed by atoms with E-state index < -0.39 is 82.3 Å². The van der Waals surface area contributed by atoms with Crippen LogP contribution in [0, 0.1) is 5.92 Å². The highest BCUT2D eigenvalue weighted by atomic mass is 32.2. The average molecular weight is 622 g/mol. The van der Waals surface area contributed by atoms with E-state index in [1.807, 2.05) is 0 Å². The van der Waals surface area contributed by atoms with Gasteiger partial charge in [0.15, 0.2) is 24.4 Å². The number of benzene rings is 1. The summed E-state index contributed by atoms with van der Waals surface area (Å²) >= 11 is 1.07. The number of thioether (sulfide) groups is 1. The van der Waals surface area contributed by atoms with Crippen LogP contribution in [0.5, 0.6) is 0 Å². The molecule has 1 aromatic carbocycles. The highest BCUT2D eigenvalue weighted by molar-refractivity contribution is 8.03. The number of hydrogen-bond acceptors (Lipinski definition) is 13. The summed E-state index contributed by atoms with van der Waals surface area (Å²) < 4.78 is 26.0. The molecule has 0 radical (unpaired) electrons. The first-order valence-corrected chi connectivity index (χ1v) is 14.2. The molecule has 13 nitrogen and oxygen atoms in total. The Morgan fingerprint density at radius 1 is 0.814 bits per heavy atom. The number of likely N-dealkylation sites (N-methyl/N-ethyl adjacent to an activating group) is 1. The van der Waals surface area contributed by atoms with Gasteiger partial charge in [-0.1, -0.05) is 30.3 Å². The molecule has 1 amide bonds. The normalized spacial score (nSPS) is 25.1. The van der Waals surface area contributed by atoms with Crippen molar-refractivity contribution in [3.05, 3.63) is 35.9 Å². The van der Waals surface area contributed by atoms with E-state index in [1.165, 1.54) is 18.9 Å². The summed E-state index contributed by atoms with van der Waals surface area (Å²) in [6.45, 7) is 6.13. The van der Waals surface area contributed by atoms with E-state index >= 15 is 0 Å². The molecule has 2 fully saturated rings. The number of carbonyl (C=O) groups excluding carboxylic acids is 7. The highest BCUT2D eigenvalue weighted by Gasteiger charge is 2.75. The van der Waals surface area contributed by atoms with Gasteiger partial charge in [-0.2, -0.15) is 0 Å². The number of ether oxygens (including phenoxy) is 5. The Balaban J connectivity index is 2.28. The third kappa shape index (κ3) is 6.68. The largest absolute Gasteiger partial charge is 0.462 e. The van der Waals surface area contributed by atoms with Gasteiger partial charge < -0.3 is 28.6 Å². The quantitative estimate of drug-likeness (QED) is 0.244. The predicted molar refractivity (Wildman–Crippen MR) is 149 cm³/mol. The molecular formula is C29H35NO12S. The van der Waals surface area contributed by atoms with Crippen LogP contribution >= 0.6 is 11.8 Å². The summed E-state index contributed by atoms with van der Waals surface area (Å²) in [4.78, 5) is 88.3. The maximum Gasteiger partial charge on any atom is 0.303 e. The number of esters is 5. The van der Waals surface area contributed by atoms with Crippen LogP contribution < -0.4 is 0 Å². The summed E-state index contributed by atoms with van der Waals surface area (Å²) in [5, 5.41) is 0. The van der Waals surface area contributed by atoms with Gasteiger partial charge in [0.1, 0.15) is 22.0 Å². The summed E-state index contributed by atoms with van der Waals surface area (Å²) in [5.74, 6) is -5.84. The van der Waals surface area contributed by atoms with Gasteiger partial charge in [0.25, 0.3) is 0 Å². The standard InChI is InChI=1S/C29H35NO12S/c1-15(31)22-13-28(30(7)27(37)29(22,43-28)21-11-9-8-10-12-21)26(42-20(6)36)25(41-19(5)35)24(40-18(4)34)23(39-17(3)33)14-38-16(2)32/h8-12,22-26H,13-14H2,1-7H3/t22-,23-,24-,25+,26-,28+,29+/m1/s1. The van der Waals surface area contributed by atoms with Crippen molar-refractivity contribution in [3.8, 4) is 0 Å². The second kappa shape index (κ2) is 13.1. The summed E-state index contributed by atoms with van der Waals surface area (Å²) in [5.41, 5.74) is 0.547. The summed E-state index contributed by atoms with van der Waals surface area (Å²) in [6.07, 6.45) is -6.52. The minimum atomic E-state index is -1.70. The molecule has 2 saturated heterocycles. The number of nitrogens with zero attached hydrogens (tertiary/aromatic N) is 1. The molecule has 1 aromatic rings. The number of Topliss-reactive ketones (excluding diaryl/α,β-unsaturated/α-hetero) is 1. The molecule has 0 N–H and O–H groups in total. The zero-order valence-electron chi connectivity index (χ0n) is 24.9. The number of ketones is 1. The molecule has 0 aliphatic carbocycles. The van der Waals surface area contributed by atoms with Crippen LogP contribution in [0.2, 0.25) is 0 Å². The Kier molecular flexibility index (Phi) is 10.3. The van der Waals surface area contributed by atoms with Gasteiger partial charge in [-0.3, -0.25) is 33.6 Å². The lowest BCUT2D eigenvalue weighted by molar-refractivity contribution is -0.210. The second-order valence-corrected chi connectivity index (χ2v) is 12.0. The van der Waals surface area contributed by atoms with E-state index in [2.05, 4.69) is 0 Å². The van der Waals surface area contributed by atoms with E-state index in [1.54, 1.807) is 30.3 Å². The van der Waals surface area contributed by atoms with E-state index in [0.29, 0.717) is 5.56 Å². The maximum atomic E-state index is 14.1. The van der Waals surface area contributed by atoms with Crippen molar-refractivity contribution in [1.29, 1.82) is 0 Å². The average Bonchev–Trinajstić information content (AvgIpc) is 3.39. The minimum Gasteiger partial charge on any atom is -0.462 e. The predicted octanol–water partition coefficient (Wildman–Crippen LogP) is 1.68. The van der Waals surface area contributed by atoms with Crippen LogP contribution in [0.15, 0.2) is 30.3 Å². The second-order valence-electron chi connectivity index (χ2n) is 10.4. The lowest BCUT2D eigenvalue weighted by Crippen LogP contribution is -2.64. The molecule has 43 heavy (non-hydrogen) atoms. The van der Waals surface area contributed by atoms with E-state index in [0.717, 1.165) is 46.4 Å². The molecule has 2 aliphatic rings. The van der Waals surface area contributed by atoms with Gasteiger partial charge in [0.05, 0.1) is 0 Å². The Labute approximate surface area is 252 Å². The smallest absolute Gasteiger partial charge is 0.303 e. The van der Waals surface area contributed by atoms with E-state index in [4.69, 9.17) is 23.7 Å². The van der Waals surface area contributed by atoms with Crippen LogP contribution in [-0.4, -0.2) is 89.4 Å². The number of amides is 1. The number of rotatable bonds is 12. The minimum absolute atomic E-state index is 0.0329. The molecule has 7 atom stereocenters. The molecule has 2 aliphatic heterocycles. The number of carbonyl (C=O) groups is 7. The highest BCUT2D eigenvalue weighted by Crippen LogP contribution is 2.68. The Morgan fingerprint density at radius 3 is 1.84 bits per heavy atom. The van der Waals surface area contributed by atoms with Gasteiger partial charge in [0.2, 0.25) is 5.91 Å². The van der Waals surface area contributed by atoms with E-state index in [-0.39, 0.29) is 12.2 Å². The van der Waals surface area contributed by atoms with Crippen molar-refractivity contribution < 1.29 is 57.2 Å².